The lowest BCUT2D eigenvalue weighted by Gasteiger charge is -2.36. The first-order valence-corrected chi connectivity index (χ1v) is 7.77. The molecule has 3 rings (SSSR count). The molecule has 1 aromatic heterocycles. The number of hydrogen-bond donors (Lipinski definition) is 3. The molecule has 0 spiro atoms. The first kappa shape index (κ1) is 14.3. The summed E-state index contributed by atoms with van der Waals surface area (Å²) in [5.74, 6) is 4.93. The smallest absolute Gasteiger partial charge is 0.317 e. The van der Waals surface area contributed by atoms with Gasteiger partial charge in [0, 0.05) is 37.6 Å². The molecule has 1 atom stereocenters. The SMILES string of the molecule is Cc1sc(C(=O)NN)cc1CN1CCN2C(=O)NCC2C1. The number of nitrogens with one attached hydrogen (secondary N) is 2. The van der Waals surface area contributed by atoms with Gasteiger partial charge in [0.25, 0.3) is 5.91 Å². The molecule has 0 bridgehead atoms. The lowest BCUT2D eigenvalue weighted by atomic mass is 10.1. The van der Waals surface area contributed by atoms with Crippen molar-refractivity contribution in [2.24, 2.45) is 5.84 Å². The fraction of sp³-hybridized carbons (Fsp3) is 0.538. The molecular weight excluding hydrogens is 290 g/mol. The molecule has 1 aromatic rings. The molecule has 21 heavy (non-hydrogen) atoms. The maximum atomic E-state index is 11.6. The number of amides is 3. The summed E-state index contributed by atoms with van der Waals surface area (Å²) in [5, 5.41) is 2.88. The highest BCUT2D eigenvalue weighted by molar-refractivity contribution is 7.14. The number of nitrogens with zero attached hydrogens (tertiary/aromatic N) is 2. The van der Waals surface area contributed by atoms with Gasteiger partial charge in [-0.05, 0) is 18.6 Å². The van der Waals surface area contributed by atoms with Crippen LogP contribution in [0.3, 0.4) is 0 Å². The summed E-state index contributed by atoms with van der Waals surface area (Å²) in [6, 6.07) is 2.22. The second-order valence-electron chi connectivity index (χ2n) is 5.43. The van der Waals surface area contributed by atoms with E-state index in [-0.39, 0.29) is 18.0 Å². The largest absolute Gasteiger partial charge is 0.336 e. The second-order valence-corrected chi connectivity index (χ2v) is 6.69. The maximum absolute atomic E-state index is 11.6. The van der Waals surface area contributed by atoms with Crippen LogP contribution in [0.25, 0.3) is 0 Å². The number of nitrogen functional groups attached to an aromatic ring is 1. The van der Waals surface area contributed by atoms with Crippen molar-refractivity contribution in [1.82, 2.24) is 20.5 Å². The maximum Gasteiger partial charge on any atom is 0.317 e. The standard InChI is InChI=1S/C13H19N5O2S/c1-8-9(4-11(21-8)12(19)16-14)6-17-2-3-18-10(7-17)5-15-13(18)20/h4,10H,2-3,5-7,14H2,1H3,(H,15,20)(H,16,19). The van der Waals surface area contributed by atoms with Crippen LogP contribution in [0.4, 0.5) is 4.79 Å². The van der Waals surface area contributed by atoms with E-state index in [2.05, 4.69) is 15.6 Å². The van der Waals surface area contributed by atoms with Gasteiger partial charge in [-0.1, -0.05) is 0 Å². The highest BCUT2D eigenvalue weighted by Crippen LogP contribution is 2.24. The number of aryl methyl sites for hydroxylation is 1. The van der Waals surface area contributed by atoms with Gasteiger partial charge in [-0.15, -0.1) is 11.3 Å². The fourth-order valence-corrected chi connectivity index (χ4v) is 3.85. The third-order valence-electron chi connectivity index (χ3n) is 4.09. The molecule has 4 N–H and O–H groups in total. The molecule has 2 saturated heterocycles. The van der Waals surface area contributed by atoms with Gasteiger partial charge in [0.1, 0.15) is 0 Å². The fourth-order valence-electron chi connectivity index (χ4n) is 2.91. The lowest BCUT2D eigenvalue weighted by molar-refractivity contribution is 0.0957. The second kappa shape index (κ2) is 5.63. The van der Waals surface area contributed by atoms with Gasteiger partial charge in [0.15, 0.2) is 0 Å². The third-order valence-corrected chi connectivity index (χ3v) is 5.18. The zero-order valence-corrected chi connectivity index (χ0v) is 12.7. The molecular formula is C13H19N5O2S. The van der Waals surface area contributed by atoms with Gasteiger partial charge in [0.2, 0.25) is 0 Å². The Morgan fingerprint density at radius 2 is 2.38 bits per heavy atom. The van der Waals surface area contributed by atoms with Crippen molar-refractivity contribution in [2.75, 3.05) is 26.2 Å². The van der Waals surface area contributed by atoms with Crippen molar-refractivity contribution >= 4 is 23.3 Å². The normalized spacial score (nSPS) is 22.1. The van der Waals surface area contributed by atoms with Gasteiger partial charge in [-0.3, -0.25) is 15.1 Å². The summed E-state index contributed by atoms with van der Waals surface area (Å²) in [5.41, 5.74) is 3.32. The van der Waals surface area contributed by atoms with Crippen LogP contribution in [0.1, 0.15) is 20.1 Å². The molecule has 2 aliphatic heterocycles. The van der Waals surface area contributed by atoms with Crippen molar-refractivity contribution in [3.8, 4) is 0 Å². The minimum absolute atomic E-state index is 0.0493. The van der Waals surface area contributed by atoms with Crippen LogP contribution in [0, 0.1) is 6.92 Å². The van der Waals surface area contributed by atoms with Crippen LogP contribution in [-0.4, -0.2) is 54.0 Å². The van der Waals surface area contributed by atoms with Gasteiger partial charge < -0.3 is 10.2 Å². The number of hydrazine groups is 1. The first-order chi connectivity index (χ1) is 10.1. The topological polar surface area (TPSA) is 90.7 Å². The summed E-state index contributed by atoms with van der Waals surface area (Å²) in [6.45, 7) is 6.03. The van der Waals surface area contributed by atoms with E-state index in [4.69, 9.17) is 5.84 Å². The zero-order chi connectivity index (χ0) is 15.0. The van der Waals surface area contributed by atoms with Gasteiger partial charge >= 0.3 is 6.03 Å². The summed E-state index contributed by atoms with van der Waals surface area (Å²) >= 11 is 1.46. The third kappa shape index (κ3) is 2.74. The molecule has 0 aromatic carbocycles. The number of nitrogens with two attached hydrogens (primary N) is 1. The molecule has 0 radical (unpaired) electrons. The minimum atomic E-state index is -0.246. The number of carbonyl (C=O) groups is 2. The Balaban J connectivity index is 1.66. The number of hydrogen-bond acceptors (Lipinski definition) is 5. The van der Waals surface area contributed by atoms with Crippen LogP contribution in [-0.2, 0) is 6.54 Å². The van der Waals surface area contributed by atoms with Crippen molar-refractivity contribution in [3.05, 3.63) is 21.4 Å². The molecule has 1 unspecified atom stereocenters. The van der Waals surface area contributed by atoms with E-state index in [0.29, 0.717) is 4.88 Å². The zero-order valence-electron chi connectivity index (χ0n) is 11.9. The quantitative estimate of drug-likeness (QED) is 0.412. The summed E-state index contributed by atoms with van der Waals surface area (Å²) in [6.07, 6.45) is 0. The Labute approximate surface area is 127 Å². The predicted molar refractivity (Wildman–Crippen MR) is 79.9 cm³/mol. The number of thiophene rings is 1. The monoisotopic (exact) mass is 309 g/mol. The predicted octanol–water partition coefficient (Wildman–Crippen LogP) is -0.131. The van der Waals surface area contributed by atoms with Gasteiger partial charge in [-0.2, -0.15) is 0 Å². The molecule has 7 nitrogen and oxygen atoms in total. The molecule has 114 valence electrons. The molecule has 3 heterocycles. The summed E-state index contributed by atoms with van der Waals surface area (Å²) in [4.78, 5) is 29.2. The van der Waals surface area contributed by atoms with E-state index in [1.165, 1.54) is 11.3 Å². The van der Waals surface area contributed by atoms with Crippen molar-refractivity contribution in [1.29, 1.82) is 0 Å². The van der Waals surface area contributed by atoms with Crippen molar-refractivity contribution in [3.63, 3.8) is 0 Å². The average Bonchev–Trinajstić information content (AvgIpc) is 3.02. The van der Waals surface area contributed by atoms with E-state index in [0.717, 1.165) is 43.2 Å². The van der Waals surface area contributed by atoms with Gasteiger partial charge in [0.05, 0.1) is 10.9 Å². The van der Waals surface area contributed by atoms with Crippen LogP contribution < -0.4 is 16.6 Å². The molecule has 2 fully saturated rings. The van der Waals surface area contributed by atoms with E-state index in [9.17, 15) is 9.59 Å². The number of piperazine rings is 1. The van der Waals surface area contributed by atoms with Crippen LogP contribution >= 0.6 is 11.3 Å². The number of urea groups is 1. The first-order valence-electron chi connectivity index (χ1n) is 6.95. The van der Waals surface area contributed by atoms with E-state index >= 15 is 0 Å². The molecule has 0 aliphatic carbocycles. The minimum Gasteiger partial charge on any atom is -0.336 e. The molecule has 8 heteroatoms. The Hall–Kier alpha value is -1.64. The number of carbonyl (C=O) groups excluding carboxylic acids is 2. The molecule has 0 saturated carbocycles. The summed E-state index contributed by atoms with van der Waals surface area (Å²) in [7, 11) is 0. The Morgan fingerprint density at radius 1 is 1.57 bits per heavy atom. The van der Waals surface area contributed by atoms with Crippen LogP contribution in [0.5, 0.6) is 0 Å². The van der Waals surface area contributed by atoms with E-state index in [1.807, 2.05) is 17.9 Å². The highest BCUT2D eigenvalue weighted by Gasteiger charge is 2.35. The number of rotatable bonds is 3. The Morgan fingerprint density at radius 3 is 3.14 bits per heavy atom. The molecule has 3 amide bonds. The van der Waals surface area contributed by atoms with E-state index < -0.39 is 0 Å². The number of fused-ring (bicyclic) bond motifs is 1. The van der Waals surface area contributed by atoms with Crippen molar-refractivity contribution in [2.45, 2.75) is 19.5 Å². The van der Waals surface area contributed by atoms with Crippen LogP contribution in [0.15, 0.2) is 6.07 Å². The summed E-state index contributed by atoms with van der Waals surface area (Å²) < 4.78 is 0. The van der Waals surface area contributed by atoms with Crippen LogP contribution in [0.2, 0.25) is 0 Å². The van der Waals surface area contributed by atoms with Gasteiger partial charge in [-0.25, -0.2) is 10.6 Å². The Kier molecular flexibility index (Phi) is 3.83. The average molecular weight is 309 g/mol. The lowest BCUT2D eigenvalue weighted by Crippen LogP contribution is -2.51. The van der Waals surface area contributed by atoms with Crippen molar-refractivity contribution < 1.29 is 9.59 Å². The molecule has 2 aliphatic rings. The highest BCUT2D eigenvalue weighted by atomic mass is 32.1. The van der Waals surface area contributed by atoms with E-state index in [1.54, 1.807) is 0 Å². The Bertz CT molecular complexity index is 573.